The number of fused-ring (bicyclic) bond motifs is 1. The SMILES string of the molecule is Cc1ccc(S(=O)(=O)n2ccc3c(C=O)c(Oc4ccc(F)c(-c5ncc(C(C)(CCCOCC(C)(C)C(=O)O)c6cccc(Br)c6)[nH]5)c4)c(F)cc32)cc1. The first kappa shape index (κ1) is 39.5. The first-order chi connectivity index (χ1) is 26.0. The first-order valence-electron chi connectivity index (χ1n) is 17.3. The van der Waals surface area contributed by atoms with Crippen LogP contribution in [0.1, 0.15) is 60.8 Å². The Balaban J connectivity index is 1.29. The van der Waals surface area contributed by atoms with Crippen LogP contribution in [-0.2, 0) is 25.0 Å². The van der Waals surface area contributed by atoms with Gasteiger partial charge in [-0.15, -0.1) is 0 Å². The van der Waals surface area contributed by atoms with Crippen molar-refractivity contribution < 1.29 is 41.4 Å². The number of nitrogens with zero attached hydrogens (tertiary/aromatic N) is 2. The Morgan fingerprint density at radius 3 is 2.45 bits per heavy atom. The summed E-state index contributed by atoms with van der Waals surface area (Å²) in [6, 6.07) is 20.1. The van der Waals surface area contributed by atoms with Crippen LogP contribution >= 0.6 is 15.9 Å². The first-order valence-corrected chi connectivity index (χ1v) is 19.5. The van der Waals surface area contributed by atoms with E-state index in [0.717, 1.165) is 31.7 Å². The number of hydrogen-bond acceptors (Lipinski definition) is 7. The molecule has 2 heterocycles. The van der Waals surface area contributed by atoms with Gasteiger partial charge in [0.2, 0.25) is 0 Å². The summed E-state index contributed by atoms with van der Waals surface area (Å²) in [5, 5.41) is 9.56. The summed E-state index contributed by atoms with van der Waals surface area (Å²) in [5.41, 5.74) is 0.518. The zero-order valence-corrected chi connectivity index (χ0v) is 32.8. The van der Waals surface area contributed by atoms with Crippen molar-refractivity contribution >= 4 is 49.1 Å². The number of benzene rings is 4. The van der Waals surface area contributed by atoms with Crippen molar-refractivity contribution in [3.8, 4) is 22.9 Å². The van der Waals surface area contributed by atoms with Gasteiger partial charge in [-0.2, -0.15) is 0 Å². The summed E-state index contributed by atoms with van der Waals surface area (Å²) in [4.78, 5) is 31.6. The number of carbonyl (C=O) groups excluding carboxylic acids is 1. The van der Waals surface area contributed by atoms with E-state index >= 15 is 8.78 Å². The molecule has 55 heavy (non-hydrogen) atoms. The van der Waals surface area contributed by atoms with Crippen molar-refractivity contribution in [2.24, 2.45) is 5.41 Å². The van der Waals surface area contributed by atoms with Crippen LogP contribution in [0.25, 0.3) is 22.3 Å². The lowest BCUT2D eigenvalue weighted by atomic mass is 9.76. The van der Waals surface area contributed by atoms with Crippen LogP contribution < -0.4 is 4.74 Å². The third-order valence-electron chi connectivity index (χ3n) is 9.65. The minimum atomic E-state index is -4.13. The number of carboxylic acids is 1. The number of aromatic amines is 1. The number of carboxylic acid groups (broad SMARTS) is 1. The van der Waals surface area contributed by atoms with E-state index in [4.69, 9.17) is 9.47 Å². The third kappa shape index (κ3) is 7.98. The van der Waals surface area contributed by atoms with Gasteiger partial charge in [-0.05, 0) is 94.6 Å². The monoisotopic (exact) mass is 833 g/mol. The largest absolute Gasteiger partial charge is 0.481 e. The van der Waals surface area contributed by atoms with Crippen LogP contribution in [0.2, 0.25) is 0 Å². The zero-order chi connectivity index (χ0) is 39.7. The minimum absolute atomic E-state index is 0.00130. The molecule has 0 saturated carbocycles. The number of H-pyrrole nitrogens is 1. The molecule has 1 unspecified atom stereocenters. The molecule has 4 aromatic carbocycles. The molecular weight excluding hydrogens is 796 g/mol. The Bertz CT molecular complexity index is 2520. The number of nitrogens with one attached hydrogen (secondary N) is 1. The van der Waals surface area contributed by atoms with Gasteiger partial charge in [0, 0.05) is 46.0 Å². The van der Waals surface area contributed by atoms with Crippen LogP contribution in [-0.4, -0.2) is 52.9 Å². The summed E-state index contributed by atoms with van der Waals surface area (Å²) >= 11 is 3.55. The molecule has 2 aromatic heterocycles. The Morgan fingerprint density at radius 2 is 1.76 bits per heavy atom. The smallest absolute Gasteiger partial charge is 0.311 e. The lowest BCUT2D eigenvalue weighted by Gasteiger charge is -2.30. The normalized spacial score (nSPS) is 13.1. The molecule has 6 aromatic rings. The van der Waals surface area contributed by atoms with Gasteiger partial charge >= 0.3 is 5.97 Å². The number of halogens is 3. The van der Waals surface area contributed by atoms with Crippen LogP contribution in [0.15, 0.2) is 101 Å². The predicted octanol–water partition coefficient (Wildman–Crippen LogP) is 9.44. The van der Waals surface area contributed by atoms with Crippen molar-refractivity contribution in [2.45, 2.75) is 50.8 Å². The fourth-order valence-corrected chi connectivity index (χ4v) is 8.01. The van der Waals surface area contributed by atoms with Crippen LogP contribution in [0.5, 0.6) is 11.5 Å². The van der Waals surface area contributed by atoms with E-state index in [0.29, 0.717) is 31.4 Å². The fourth-order valence-electron chi connectivity index (χ4n) is 6.28. The molecule has 2 N–H and O–H groups in total. The standard InChI is InChI=1S/C41H38BrF2N3O7S/c1-25-9-12-29(13-10-25)55(51,52)47-17-15-30-32(23-48)37(34(44)21-35(30)47)54-28-11-14-33(43)31(20-28)38-45-22-36(46-38)41(4,26-7-5-8-27(42)19-26)16-6-18-53-24-40(2,3)39(49)50/h5,7-15,17,19-23H,6,16,18,24H2,1-4H3,(H,45,46)(H,49,50). The Kier molecular flexibility index (Phi) is 11.1. The van der Waals surface area contributed by atoms with Gasteiger partial charge in [0.25, 0.3) is 10.0 Å². The molecule has 0 saturated heterocycles. The molecule has 0 spiro atoms. The van der Waals surface area contributed by atoms with Crippen LogP contribution in [0, 0.1) is 24.0 Å². The Hall–Kier alpha value is -5.18. The second kappa shape index (κ2) is 15.5. The summed E-state index contributed by atoms with van der Waals surface area (Å²) in [7, 11) is -4.13. The maximum atomic E-state index is 15.8. The van der Waals surface area contributed by atoms with Gasteiger partial charge < -0.3 is 19.6 Å². The fraction of sp³-hybridized carbons (Fsp3) is 0.244. The quantitative estimate of drug-likeness (QED) is 0.0771. The molecule has 0 bridgehead atoms. The highest BCUT2D eigenvalue weighted by Gasteiger charge is 2.32. The number of imidazole rings is 1. The van der Waals surface area contributed by atoms with E-state index < -0.39 is 44.2 Å². The molecule has 286 valence electrons. The maximum Gasteiger partial charge on any atom is 0.311 e. The van der Waals surface area contributed by atoms with Crippen molar-refractivity contribution in [3.05, 3.63) is 130 Å². The summed E-state index contributed by atoms with van der Waals surface area (Å²) in [6.45, 7) is 7.40. The average Bonchev–Trinajstić information content (AvgIpc) is 3.81. The number of rotatable bonds is 15. The predicted molar refractivity (Wildman–Crippen MR) is 207 cm³/mol. The summed E-state index contributed by atoms with van der Waals surface area (Å²) < 4.78 is 71.6. The molecular formula is C41H38BrF2N3O7S. The van der Waals surface area contributed by atoms with Crippen molar-refractivity contribution in [1.29, 1.82) is 0 Å². The van der Waals surface area contributed by atoms with E-state index in [9.17, 15) is 23.1 Å². The molecule has 6 rings (SSSR count). The van der Waals surface area contributed by atoms with Crippen LogP contribution in [0.3, 0.4) is 0 Å². The number of aliphatic carboxylic acids is 1. The van der Waals surface area contributed by atoms with E-state index in [-0.39, 0.29) is 45.1 Å². The summed E-state index contributed by atoms with van der Waals surface area (Å²) in [6.07, 6.45) is 4.38. The van der Waals surface area contributed by atoms with E-state index in [1.807, 2.05) is 38.1 Å². The molecule has 10 nitrogen and oxygen atoms in total. The second-order valence-corrected chi connectivity index (χ2v) is 16.9. The Morgan fingerprint density at radius 1 is 1.02 bits per heavy atom. The highest BCUT2D eigenvalue weighted by atomic mass is 79.9. The molecule has 1 atom stereocenters. The Labute approximate surface area is 325 Å². The molecule has 14 heteroatoms. The van der Waals surface area contributed by atoms with Gasteiger partial charge in [-0.3, -0.25) is 9.59 Å². The number of carbonyl (C=O) groups is 2. The summed E-state index contributed by atoms with van der Waals surface area (Å²) in [5.74, 6) is -2.88. The molecule has 0 aliphatic rings. The molecule has 0 amide bonds. The van der Waals surface area contributed by atoms with Gasteiger partial charge in [0.1, 0.15) is 17.4 Å². The number of aldehydes is 1. The number of ether oxygens (including phenoxy) is 2. The maximum absolute atomic E-state index is 15.8. The number of aryl methyl sites for hydroxylation is 1. The van der Waals surface area contributed by atoms with E-state index in [2.05, 4.69) is 25.9 Å². The second-order valence-electron chi connectivity index (χ2n) is 14.2. The van der Waals surface area contributed by atoms with Gasteiger partial charge in [0.15, 0.2) is 17.9 Å². The van der Waals surface area contributed by atoms with E-state index in [1.54, 1.807) is 32.2 Å². The third-order valence-corrected chi connectivity index (χ3v) is 11.9. The lowest BCUT2D eigenvalue weighted by Crippen LogP contribution is -2.30. The van der Waals surface area contributed by atoms with Crippen molar-refractivity contribution in [2.75, 3.05) is 13.2 Å². The molecule has 0 aliphatic carbocycles. The zero-order valence-electron chi connectivity index (χ0n) is 30.4. The van der Waals surface area contributed by atoms with Gasteiger partial charge in [0.05, 0.1) is 33.6 Å². The average molecular weight is 835 g/mol. The molecule has 0 fully saturated rings. The highest BCUT2D eigenvalue weighted by Crippen LogP contribution is 2.40. The van der Waals surface area contributed by atoms with Crippen molar-refractivity contribution in [1.82, 2.24) is 13.9 Å². The van der Waals surface area contributed by atoms with Crippen LogP contribution in [0.4, 0.5) is 8.78 Å². The lowest BCUT2D eigenvalue weighted by molar-refractivity contribution is -0.150. The van der Waals surface area contributed by atoms with Gasteiger partial charge in [-0.25, -0.2) is 26.2 Å². The molecule has 0 radical (unpaired) electrons. The topological polar surface area (TPSA) is 141 Å². The minimum Gasteiger partial charge on any atom is -0.481 e. The van der Waals surface area contributed by atoms with Gasteiger partial charge in [-0.1, -0.05) is 45.8 Å². The number of aromatic nitrogens is 3. The molecule has 0 aliphatic heterocycles. The highest BCUT2D eigenvalue weighted by molar-refractivity contribution is 9.10. The van der Waals surface area contributed by atoms with E-state index in [1.165, 1.54) is 36.5 Å². The number of hydrogen-bond donors (Lipinski definition) is 2. The van der Waals surface area contributed by atoms with Crippen molar-refractivity contribution in [3.63, 3.8) is 0 Å².